The highest BCUT2D eigenvalue weighted by Crippen LogP contribution is 2.40. The Kier molecular flexibility index (Phi) is 4.78. The molecular formula is C13H14Cl3NO3S. The van der Waals surface area contributed by atoms with Gasteiger partial charge < -0.3 is 5.32 Å². The van der Waals surface area contributed by atoms with Crippen LogP contribution in [0.1, 0.15) is 25.3 Å². The molecule has 1 aromatic carbocycles. The van der Waals surface area contributed by atoms with Gasteiger partial charge in [0.15, 0.2) is 0 Å². The Labute approximate surface area is 138 Å². The van der Waals surface area contributed by atoms with Gasteiger partial charge in [0.25, 0.3) is 9.05 Å². The second-order valence-electron chi connectivity index (χ2n) is 5.22. The highest BCUT2D eigenvalue weighted by atomic mass is 35.7. The fraction of sp³-hybridized carbons (Fsp3) is 0.462. The average Bonchev–Trinajstić information content (AvgIpc) is 3.20. The number of amides is 1. The number of anilines is 1. The lowest BCUT2D eigenvalue weighted by Gasteiger charge is -2.16. The van der Waals surface area contributed by atoms with E-state index >= 15 is 0 Å². The Morgan fingerprint density at radius 3 is 2.43 bits per heavy atom. The Morgan fingerprint density at radius 2 is 1.95 bits per heavy atom. The molecule has 1 aliphatic carbocycles. The Morgan fingerprint density at radius 1 is 1.38 bits per heavy atom. The number of hydrogen-bond donors (Lipinski definition) is 1. The van der Waals surface area contributed by atoms with E-state index in [0.29, 0.717) is 5.92 Å². The molecule has 0 heterocycles. The van der Waals surface area contributed by atoms with Gasteiger partial charge in [0.1, 0.15) is 0 Å². The lowest BCUT2D eigenvalue weighted by molar-refractivity contribution is -0.119. The van der Waals surface area contributed by atoms with Crippen LogP contribution in [0.3, 0.4) is 0 Å². The topological polar surface area (TPSA) is 63.2 Å². The molecular weight excluding hydrogens is 357 g/mol. The van der Waals surface area contributed by atoms with Gasteiger partial charge in [-0.3, -0.25) is 4.79 Å². The van der Waals surface area contributed by atoms with E-state index < -0.39 is 9.05 Å². The van der Waals surface area contributed by atoms with Crippen molar-refractivity contribution in [2.75, 3.05) is 5.32 Å². The summed E-state index contributed by atoms with van der Waals surface area (Å²) in [6.07, 6.45) is 2.08. The zero-order valence-electron chi connectivity index (χ0n) is 11.4. The highest BCUT2D eigenvalue weighted by molar-refractivity contribution is 8.13. The number of benzene rings is 1. The minimum absolute atomic E-state index is 0.0428. The van der Waals surface area contributed by atoms with E-state index in [9.17, 15) is 13.2 Å². The fourth-order valence-electron chi connectivity index (χ4n) is 2.11. The molecule has 0 bridgehead atoms. The van der Waals surface area contributed by atoms with Gasteiger partial charge in [-0.05, 0) is 37.3 Å². The summed E-state index contributed by atoms with van der Waals surface area (Å²) in [5, 5.41) is 2.80. The molecule has 1 amide bonds. The van der Waals surface area contributed by atoms with Crippen LogP contribution in [0.15, 0.2) is 11.0 Å². The van der Waals surface area contributed by atoms with E-state index in [1.54, 1.807) is 0 Å². The van der Waals surface area contributed by atoms with Crippen LogP contribution in [-0.2, 0) is 13.8 Å². The Balaban J connectivity index is 2.37. The minimum atomic E-state index is -3.95. The number of carbonyl (C=O) groups excluding carboxylic acids is 1. The van der Waals surface area contributed by atoms with Crippen LogP contribution in [0.25, 0.3) is 0 Å². The van der Waals surface area contributed by atoms with Crippen molar-refractivity contribution < 1.29 is 13.2 Å². The van der Waals surface area contributed by atoms with Crippen LogP contribution in [-0.4, -0.2) is 14.3 Å². The van der Waals surface area contributed by atoms with Gasteiger partial charge in [-0.15, -0.1) is 0 Å². The third kappa shape index (κ3) is 3.65. The lowest BCUT2D eigenvalue weighted by Crippen LogP contribution is -2.22. The summed E-state index contributed by atoms with van der Waals surface area (Å²) in [4.78, 5) is 12.0. The van der Waals surface area contributed by atoms with E-state index in [1.807, 2.05) is 6.92 Å². The number of halogens is 3. The van der Waals surface area contributed by atoms with Crippen LogP contribution in [0.5, 0.6) is 0 Å². The summed E-state index contributed by atoms with van der Waals surface area (Å²) in [6, 6.07) is 1.20. The third-order valence-electron chi connectivity index (χ3n) is 3.67. The van der Waals surface area contributed by atoms with Crippen molar-refractivity contribution in [3.05, 3.63) is 21.7 Å². The number of carbonyl (C=O) groups is 1. The molecule has 1 N–H and O–H groups in total. The molecule has 8 heteroatoms. The predicted molar refractivity (Wildman–Crippen MR) is 84.8 cm³/mol. The molecule has 0 radical (unpaired) electrons. The Bertz CT molecular complexity index is 699. The van der Waals surface area contributed by atoms with E-state index in [-0.39, 0.29) is 38.0 Å². The molecule has 4 nitrogen and oxygen atoms in total. The first-order valence-corrected chi connectivity index (χ1v) is 9.43. The zero-order chi connectivity index (χ0) is 15.9. The van der Waals surface area contributed by atoms with Gasteiger partial charge in [-0.25, -0.2) is 8.42 Å². The monoisotopic (exact) mass is 369 g/mol. The minimum Gasteiger partial charge on any atom is -0.323 e. The SMILES string of the molecule is Cc1c(S(=O)(=O)Cl)cc(Cl)c(NC(=O)C(C)C2CC2)c1Cl. The second-order valence-corrected chi connectivity index (χ2v) is 8.54. The van der Waals surface area contributed by atoms with Gasteiger partial charge in [0.05, 0.1) is 20.6 Å². The third-order valence-corrected chi connectivity index (χ3v) is 5.89. The lowest BCUT2D eigenvalue weighted by atomic mass is 10.1. The molecule has 1 unspecified atom stereocenters. The highest BCUT2D eigenvalue weighted by Gasteiger charge is 2.33. The molecule has 0 aromatic heterocycles. The first kappa shape index (κ1) is 16.9. The van der Waals surface area contributed by atoms with Gasteiger partial charge in [-0.2, -0.15) is 0 Å². The van der Waals surface area contributed by atoms with E-state index in [2.05, 4.69) is 5.32 Å². The van der Waals surface area contributed by atoms with Crippen LogP contribution < -0.4 is 5.32 Å². The van der Waals surface area contributed by atoms with Crippen molar-refractivity contribution >= 4 is 54.5 Å². The van der Waals surface area contributed by atoms with E-state index in [0.717, 1.165) is 12.8 Å². The smallest absolute Gasteiger partial charge is 0.261 e. The molecule has 1 aromatic rings. The summed E-state index contributed by atoms with van der Waals surface area (Å²) < 4.78 is 22.9. The van der Waals surface area contributed by atoms with Crippen LogP contribution in [0.2, 0.25) is 10.0 Å². The van der Waals surface area contributed by atoms with E-state index in [1.165, 1.54) is 13.0 Å². The zero-order valence-corrected chi connectivity index (χ0v) is 14.5. The summed E-state index contributed by atoms with van der Waals surface area (Å²) in [6.45, 7) is 3.35. The van der Waals surface area contributed by atoms with Gasteiger partial charge in [0, 0.05) is 16.6 Å². The normalized spacial score (nSPS) is 16.6. The summed E-state index contributed by atoms with van der Waals surface area (Å²) in [5.74, 6) is 0.0854. The van der Waals surface area contributed by atoms with Gasteiger partial charge in [-0.1, -0.05) is 30.1 Å². The molecule has 21 heavy (non-hydrogen) atoms. The molecule has 1 atom stereocenters. The van der Waals surface area contributed by atoms with Crippen molar-refractivity contribution in [2.24, 2.45) is 11.8 Å². The van der Waals surface area contributed by atoms with Crippen LogP contribution in [0.4, 0.5) is 5.69 Å². The second kappa shape index (κ2) is 5.95. The number of nitrogens with one attached hydrogen (secondary N) is 1. The molecule has 1 saturated carbocycles. The van der Waals surface area contributed by atoms with Crippen molar-refractivity contribution in [3.63, 3.8) is 0 Å². The molecule has 2 rings (SSSR count). The summed E-state index contributed by atoms with van der Waals surface area (Å²) in [5.41, 5.74) is 0.475. The maximum absolute atomic E-state index is 12.1. The summed E-state index contributed by atoms with van der Waals surface area (Å²) >= 11 is 12.2. The molecule has 116 valence electrons. The van der Waals surface area contributed by atoms with Crippen molar-refractivity contribution in [2.45, 2.75) is 31.6 Å². The quantitative estimate of drug-likeness (QED) is 0.807. The summed E-state index contributed by atoms with van der Waals surface area (Å²) in [7, 11) is 1.38. The molecule has 0 saturated heterocycles. The first-order valence-electron chi connectivity index (χ1n) is 6.37. The van der Waals surface area contributed by atoms with Gasteiger partial charge >= 0.3 is 0 Å². The largest absolute Gasteiger partial charge is 0.323 e. The standard InChI is InChI=1S/C13H14Cl3NO3S/c1-6(8-3-4-8)13(18)17-12-9(14)5-10(21(16,19)20)7(2)11(12)15/h5-6,8H,3-4H2,1-2H3,(H,17,18). The average molecular weight is 371 g/mol. The van der Waals surface area contributed by atoms with Crippen molar-refractivity contribution in [1.29, 1.82) is 0 Å². The van der Waals surface area contributed by atoms with Gasteiger partial charge in [0.2, 0.25) is 5.91 Å². The van der Waals surface area contributed by atoms with E-state index in [4.69, 9.17) is 33.9 Å². The van der Waals surface area contributed by atoms with Crippen molar-refractivity contribution in [1.82, 2.24) is 0 Å². The van der Waals surface area contributed by atoms with Crippen LogP contribution >= 0.6 is 33.9 Å². The number of rotatable bonds is 4. The first-order chi connectivity index (χ1) is 9.62. The molecule has 0 aliphatic heterocycles. The molecule has 1 aliphatic rings. The Hall–Kier alpha value is -0.490. The maximum Gasteiger partial charge on any atom is 0.261 e. The van der Waals surface area contributed by atoms with Crippen LogP contribution in [0, 0.1) is 18.8 Å². The van der Waals surface area contributed by atoms with Crippen molar-refractivity contribution in [3.8, 4) is 0 Å². The molecule has 1 fully saturated rings. The number of hydrogen-bond acceptors (Lipinski definition) is 3. The predicted octanol–water partition coefficient (Wildman–Crippen LogP) is 4.21. The maximum atomic E-state index is 12.1. The molecule has 0 spiro atoms. The fourth-order valence-corrected chi connectivity index (χ4v) is 3.99.